The highest BCUT2D eigenvalue weighted by Crippen LogP contribution is 2.16. The molecular weight excluding hydrogens is 699 g/mol. The van der Waals surface area contributed by atoms with Crippen LogP contribution in [-0.4, -0.2) is 34.9 Å². The van der Waals surface area contributed by atoms with E-state index in [4.69, 9.17) is 0 Å². The van der Waals surface area contributed by atoms with Crippen LogP contribution in [0.3, 0.4) is 0 Å². The van der Waals surface area contributed by atoms with Crippen LogP contribution in [0, 0.1) is 0 Å². The smallest absolute Gasteiger partial charge is 0.220 e. The second-order valence-corrected chi connectivity index (χ2v) is 16.5. The van der Waals surface area contributed by atoms with E-state index >= 15 is 0 Å². The highest BCUT2D eigenvalue weighted by Gasteiger charge is 2.20. The van der Waals surface area contributed by atoms with Crippen LogP contribution in [0.1, 0.15) is 239 Å². The Morgan fingerprint density at radius 3 is 1.16 bits per heavy atom. The van der Waals surface area contributed by atoms with Gasteiger partial charge in [0.05, 0.1) is 18.8 Å². The van der Waals surface area contributed by atoms with Crippen molar-refractivity contribution >= 4 is 5.91 Å². The van der Waals surface area contributed by atoms with Crippen LogP contribution in [0.2, 0.25) is 0 Å². The summed E-state index contributed by atoms with van der Waals surface area (Å²) in [6.45, 7) is 4.18. The van der Waals surface area contributed by atoms with Crippen LogP contribution < -0.4 is 5.32 Å². The lowest BCUT2D eigenvalue weighted by atomic mass is 10.0. The van der Waals surface area contributed by atoms with Gasteiger partial charge in [0.2, 0.25) is 5.91 Å². The number of rotatable bonds is 44. The number of hydrogen-bond acceptors (Lipinski definition) is 3. The van der Waals surface area contributed by atoms with Gasteiger partial charge in [-0.25, -0.2) is 0 Å². The summed E-state index contributed by atoms with van der Waals surface area (Å²) in [6, 6.07) is -0.533. The van der Waals surface area contributed by atoms with Crippen LogP contribution in [0.25, 0.3) is 0 Å². The van der Waals surface area contributed by atoms with Crippen LogP contribution in [-0.2, 0) is 4.79 Å². The minimum atomic E-state index is -0.655. The fraction of sp³-hybridized carbons (Fsp3) is 0.755. The maximum absolute atomic E-state index is 12.3. The Labute approximate surface area is 355 Å². The Hall–Kier alpha value is -2.17. The molecule has 1 amide bonds. The molecule has 0 bridgehead atoms. The molecule has 0 saturated heterocycles. The summed E-state index contributed by atoms with van der Waals surface area (Å²) in [6.07, 6.45) is 69.0. The third-order valence-corrected chi connectivity index (χ3v) is 11.0. The highest BCUT2D eigenvalue weighted by atomic mass is 16.3. The van der Waals surface area contributed by atoms with Crippen molar-refractivity contribution in [2.75, 3.05) is 6.61 Å². The summed E-state index contributed by atoms with van der Waals surface area (Å²) in [5, 5.41) is 22.9. The third kappa shape index (κ3) is 44.8. The van der Waals surface area contributed by atoms with Gasteiger partial charge in [-0.15, -0.1) is 0 Å². The van der Waals surface area contributed by atoms with Crippen molar-refractivity contribution in [1.29, 1.82) is 0 Å². The van der Waals surface area contributed by atoms with Gasteiger partial charge in [-0.3, -0.25) is 4.79 Å². The number of allylic oxidation sites excluding steroid dienone is 12. The summed E-state index contributed by atoms with van der Waals surface area (Å²) in [4.78, 5) is 12.3. The predicted molar refractivity (Wildman–Crippen MR) is 253 cm³/mol. The standard InChI is InChI=1S/C53H95NO3/c1-3-5-7-9-11-12-13-14-15-16-17-18-19-20-21-22-23-24-25-26-27-28-29-30-31-32-33-34-35-36-37-38-39-40-41-42-43-45-47-49-53(57)54-51(50-55)52(56)48-46-44-10-8-6-4-2/h5,7,11-12,14-15,17-18,20-21,23-24,51-52,55-56H,3-4,6,8-10,13,16,19,22,25-50H2,1-2H3,(H,54,57)/b7-5-,12-11-,15-14-,18-17-,21-20-,24-23-. The predicted octanol–water partition coefficient (Wildman–Crippen LogP) is 15.9. The fourth-order valence-electron chi connectivity index (χ4n) is 7.25. The topological polar surface area (TPSA) is 69.6 Å². The average Bonchev–Trinajstić information content (AvgIpc) is 3.22. The Balaban J connectivity index is 3.39. The first-order chi connectivity index (χ1) is 28.2. The highest BCUT2D eigenvalue weighted by molar-refractivity contribution is 5.76. The fourth-order valence-corrected chi connectivity index (χ4v) is 7.25. The van der Waals surface area contributed by atoms with Gasteiger partial charge in [0.15, 0.2) is 0 Å². The van der Waals surface area contributed by atoms with Gasteiger partial charge in [-0.2, -0.15) is 0 Å². The number of aliphatic hydroxyl groups excluding tert-OH is 2. The monoisotopic (exact) mass is 794 g/mol. The molecule has 0 aliphatic carbocycles. The molecule has 0 spiro atoms. The normalized spacial score (nSPS) is 13.5. The van der Waals surface area contributed by atoms with E-state index < -0.39 is 12.1 Å². The van der Waals surface area contributed by atoms with Crippen LogP contribution >= 0.6 is 0 Å². The van der Waals surface area contributed by atoms with E-state index in [1.807, 2.05) is 0 Å². The molecule has 57 heavy (non-hydrogen) atoms. The number of aliphatic hydroxyl groups is 2. The SMILES string of the molecule is CC/C=C\C/C=C\C/C=C\C/C=C\C/C=C\C/C=C\CCCCCCCCCCCCCCCCCCCCCCC(=O)NC(CO)C(O)CCCCCCCC. The number of carbonyl (C=O) groups is 1. The van der Waals surface area contributed by atoms with E-state index in [2.05, 4.69) is 92.1 Å². The second kappa shape index (κ2) is 48.2. The number of hydrogen-bond donors (Lipinski definition) is 3. The summed E-state index contributed by atoms with van der Waals surface area (Å²) in [5.74, 6) is -0.0364. The van der Waals surface area contributed by atoms with E-state index in [1.54, 1.807) is 0 Å². The van der Waals surface area contributed by atoms with E-state index in [9.17, 15) is 15.0 Å². The van der Waals surface area contributed by atoms with Crippen LogP contribution in [0.15, 0.2) is 72.9 Å². The van der Waals surface area contributed by atoms with Crippen molar-refractivity contribution in [1.82, 2.24) is 5.32 Å². The Morgan fingerprint density at radius 1 is 0.439 bits per heavy atom. The Bertz CT molecular complexity index is 992. The molecule has 0 radical (unpaired) electrons. The molecule has 0 aromatic carbocycles. The van der Waals surface area contributed by atoms with Gasteiger partial charge in [0.25, 0.3) is 0 Å². The molecule has 4 heteroatoms. The molecule has 2 unspecified atom stereocenters. The molecule has 0 aliphatic rings. The Kier molecular flexibility index (Phi) is 46.4. The molecule has 2 atom stereocenters. The van der Waals surface area contributed by atoms with E-state index in [-0.39, 0.29) is 12.5 Å². The van der Waals surface area contributed by atoms with Crippen molar-refractivity contribution in [3.63, 3.8) is 0 Å². The number of carbonyl (C=O) groups excluding carboxylic acids is 1. The first-order valence-electron chi connectivity index (χ1n) is 24.6. The minimum absolute atomic E-state index is 0.0364. The van der Waals surface area contributed by atoms with Crippen LogP contribution in [0.4, 0.5) is 0 Å². The molecule has 0 heterocycles. The first kappa shape index (κ1) is 54.8. The number of amides is 1. The zero-order valence-corrected chi connectivity index (χ0v) is 37.8. The summed E-state index contributed by atoms with van der Waals surface area (Å²) >= 11 is 0. The van der Waals surface area contributed by atoms with Gasteiger partial charge in [0.1, 0.15) is 0 Å². The largest absolute Gasteiger partial charge is 0.394 e. The molecule has 0 saturated carbocycles. The van der Waals surface area contributed by atoms with Gasteiger partial charge in [0, 0.05) is 6.42 Å². The zero-order chi connectivity index (χ0) is 41.4. The lowest BCUT2D eigenvalue weighted by Crippen LogP contribution is -2.45. The van der Waals surface area contributed by atoms with Gasteiger partial charge < -0.3 is 15.5 Å². The quantitative estimate of drug-likeness (QED) is 0.0425. The van der Waals surface area contributed by atoms with Gasteiger partial charge in [-0.05, 0) is 64.2 Å². The molecule has 4 nitrogen and oxygen atoms in total. The number of nitrogens with one attached hydrogen (secondary N) is 1. The van der Waals surface area contributed by atoms with Gasteiger partial charge in [-0.1, -0.05) is 241 Å². The molecule has 0 aromatic rings. The van der Waals surface area contributed by atoms with Crippen molar-refractivity contribution in [2.24, 2.45) is 0 Å². The maximum atomic E-state index is 12.3. The maximum Gasteiger partial charge on any atom is 0.220 e. The summed E-state index contributed by atoms with van der Waals surface area (Å²) in [7, 11) is 0. The second-order valence-electron chi connectivity index (χ2n) is 16.5. The molecule has 0 fully saturated rings. The molecule has 0 rings (SSSR count). The lowest BCUT2D eigenvalue weighted by molar-refractivity contribution is -0.123. The van der Waals surface area contributed by atoms with Crippen molar-refractivity contribution in [2.45, 2.75) is 251 Å². The van der Waals surface area contributed by atoms with Crippen molar-refractivity contribution in [3.05, 3.63) is 72.9 Å². The molecule has 330 valence electrons. The van der Waals surface area contributed by atoms with Crippen LogP contribution in [0.5, 0.6) is 0 Å². The van der Waals surface area contributed by atoms with E-state index in [0.717, 1.165) is 64.2 Å². The summed E-state index contributed by atoms with van der Waals surface area (Å²) in [5.41, 5.74) is 0. The van der Waals surface area contributed by atoms with Crippen molar-refractivity contribution < 1.29 is 15.0 Å². The van der Waals surface area contributed by atoms with Crippen molar-refractivity contribution in [3.8, 4) is 0 Å². The Morgan fingerprint density at radius 2 is 0.772 bits per heavy atom. The van der Waals surface area contributed by atoms with E-state index in [1.165, 1.54) is 148 Å². The molecule has 3 N–H and O–H groups in total. The average molecular weight is 794 g/mol. The van der Waals surface area contributed by atoms with E-state index in [0.29, 0.717) is 12.8 Å². The third-order valence-electron chi connectivity index (χ3n) is 11.0. The number of unbranched alkanes of at least 4 members (excludes halogenated alkanes) is 25. The minimum Gasteiger partial charge on any atom is -0.394 e. The zero-order valence-electron chi connectivity index (χ0n) is 37.8. The lowest BCUT2D eigenvalue weighted by Gasteiger charge is -2.22. The van der Waals surface area contributed by atoms with Gasteiger partial charge >= 0.3 is 0 Å². The molecule has 0 aromatic heterocycles. The summed E-state index contributed by atoms with van der Waals surface area (Å²) < 4.78 is 0. The molecular formula is C53H95NO3. The first-order valence-corrected chi connectivity index (χ1v) is 24.6. The molecule has 0 aliphatic heterocycles.